The van der Waals surface area contributed by atoms with Crippen molar-refractivity contribution in [2.24, 2.45) is 10.7 Å². The fourth-order valence-corrected chi connectivity index (χ4v) is 3.44. The number of nitrogens with zero attached hydrogens (tertiary/aromatic N) is 3. The first-order chi connectivity index (χ1) is 15.4. The van der Waals surface area contributed by atoms with Gasteiger partial charge in [0.15, 0.2) is 5.96 Å². The molecule has 178 valence electrons. The first-order valence-electron chi connectivity index (χ1n) is 10.2. The number of nitrogens with two attached hydrogens (primary N) is 1. The van der Waals surface area contributed by atoms with Crippen molar-refractivity contribution in [1.29, 1.82) is 0 Å². The van der Waals surface area contributed by atoms with Crippen molar-refractivity contribution < 1.29 is 18.4 Å². The lowest BCUT2D eigenvalue weighted by atomic mass is 10.1. The van der Waals surface area contributed by atoms with Crippen molar-refractivity contribution >= 4 is 47.4 Å². The molecule has 1 aliphatic heterocycles. The van der Waals surface area contributed by atoms with Gasteiger partial charge in [-0.2, -0.15) is 0 Å². The minimum atomic E-state index is -0.604. The Bertz CT molecular complexity index is 995. The molecule has 0 atom stereocenters. The van der Waals surface area contributed by atoms with Gasteiger partial charge >= 0.3 is 0 Å². The quantitative estimate of drug-likeness (QED) is 0.278. The minimum absolute atomic E-state index is 0. The fraction of sp³-hybridized carbons (Fsp3) is 0.318. The van der Waals surface area contributed by atoms with Gasteiger partial charge in [0, 0.05) is 51.4 Å². The molecule has 4 N–H and O–H groups in total. The van der Waals surface area contributed by atoms with Gasteiger partial charge in [-0.1, -0.05) is 12.1 Å². The Morgan fingerprint density at radius 3 is 2.30 bits per heavy atom. The molecule has 0 spiro atoms. The molecule has 8 nitrogen and oxygen atoms in total. The van der Waals surface area contributed by atoms with Crippen LogP contribution in [-0.4, -0.2) is 62.4 Å². The lowest BCUT2D eigenvalue weighted by Gasteiger charge is -2.37. The normalized spacial score (nSPS) is 13.8. The van der Waals surface area contributed by atoms with Gasteiger partial charge in [0.25, 0.3) is 5.91 Å². The predicted molar refractivity (Wildman–Crippen MR) is 134 cm³/mol. The van der Waals surface area contributed by atoms with Crippen LogP contribution in [0.5, 0.6) is 0 Å². The monoisotopic (exact) mass is 572 g/mol. The number of hydrogen-bond donors (Lipinski definition) is 3. The summed E-state index contributed by atoms with van der Waals surface area (Å²) in [5.41, 5.74) is 6.67. The number of anilines is 1. The zero-order valence-corrected chi connectivity index (χ0v) is 20.5. The molecule has 1 saturated heterocycles. The van der Waals surface area contributed by atoms with Crippen LogP contribution < -0.4 is 21.3 Å². The summed E-state index contributed by atoms with van der Waals surface area (Å²) < 4.78 is 27.5. The smallest absolute Gasteiger partial charge is 0.251 e. The highest BCUT2D eigenvalue weighted by molar-refractivity contribution is 14.0. The van der Waals surface area contributed by atoms with E-state index in [4.69, 9.17) is 5.73 Å². The maximum Gasteiger partial charge on any atom is 0.251 e. The molecule has 0 aliphatic carbocycles. The molecule has 2 aromatic carbocycles. The Morgan fingerprint density at radius 2 is 1.70 bits per heavy atom. The van der Waals surface area contributed by atoms with E-state index in [2.05, 4.69) is 20.5 Å². The van der Waals surface area contributed by atoms with Crippen LogP contribution in [0.3, 0.4) is 0 Å². The van der Waals surface area contributed by atoms with Crippen LogP contribution in [0.2, 0.25) is 0 Å². The van der Waals surface area contributed by atoms with Crippen molar-refractivity contribution in [3.63, 3.8) is 0 Å². The van der Waals surface area contributed by atoms with Crippen molar-refractivity contribution in [2.75, 3.05) is 44.7 Å². The van der Waals surface area contributed by atoms with Crippen LogP contribution in [0, 0.1) is 11.6 Å². The zero-order valence-electron chi connectivity index (χ0n) is 18.2. The number of piperazine rings is 1. The Hall–Kier alpha value is -2.96. The Kier molecular flexibility index (Phi) is 9.82. The molecule has 0 bridgehead atoms. The average Bonchev–Trinajstić information content (AvgIpc) is 2.80. The molecule has 0 saturated carbocycles. The summed E-state index contributed by atoms with van der Waals surface area (Å²) in [6.45, 7) is 2.57. The molecule has 33 heavy (non-hydrogen) atoms. The lowest BCUT2D eigenvalue weighted by molar-refractivity contribution is -0.117. The standard InChI is InChI=1S/C22H26F2N6O2.HI/c1-26-22(28-13-15-2-4-16(5-3-15)21(32)27-14-20(25)31)30-10-8-29(9-11-30)19-12-17(23)6-7-18(19)24;/h2-7,12H,8-11,13-14H2,1H3,(H2,25,31)(H,26,28)(H,27,32);1H. The number of benzene rings is 2. The molecule has 11 heteroatoms. The minimum Gasteiger partial charge on any atom is -0.368 e. The number of carbonyl (C=O) groups is 2. The van der Waals surface area contributed by atoms with E-state index < -0.39 is 17.5 Å². The molecule has 3 rings (SSSR count). The second-order valence-corrected chi connectivity index (χ2v) is 7.32. The summed E-state index contributed by atoms with van der Waals surface area (Å²) in [6.07, 6.45) is 0. The number of amides is 2. The molecule has 1 heterocycles. The molecule has 2 aromatic rings. The third-order valence-electron chi connectivity index (χ3n) is 5.13. The van der Waals surface area contributed by atoms with E-state index >= 15 is 0 Å². The van der Waals surface area contributed by atoms with E-state index in [0.717, 1.165) is 17.7 Å². The topological polar surface area (TPSA) is 103 Å². The highest BCUT2D eigenvalue weighted by Crippen LogP contribution is 2.22. The van der Waals surface area contributed by atoms with Crippen LogP contribution in [0.15, 0.2) is 47.5 Å². The van der Waals surface area contributed by atoms with Gasteiger partial charge in [-0.3, -0.25) is 14.6 Å². The van der Waals surface area contributed by atoms with Gasteiger partial charge in [-0.25, -0.2) is 8.78 Å². The first kappa shape index (κ1) is 26.3. The molecular formula is C22H27F2IN6O2. The number of rotatable bonds is 6. The molecule has 1 fully saturated rings. The molecule has 2 amide bonds. The van der Waals surface area contributed by atoms with Crippen LogP contribution in [0.25, 0.3) is 0 Å². The second-order valence-electron chi connectivity index (χ2n) is 7.32. The van der Waals surface area contributed by atoms with Gasteiger partial charge in [0.2, 0.25) is 5.91 Å². The summed E-state index contributed by atoms with van der Waals surface area (Å²) >= 11 is 0. The maximum absolute atomic E-state index is 14.0. The van der Waals surface area contributed by atoms with Gasteiger partial charge in [-0.15, -0.1) is 24.0 Å². The van der Waals surface area contributed by atoms with E-state index in [1.165, 1.54) is 6.07 Å². The Morgan fingerprint density at radius 1 is 1.03 bits per heavy atom. The van der Waals surface area contributed by atoms with Crippen molar-refractivity contribution in [3.8, 4) is 0 Å². The van der Waals surface area contributed by atoms with Crippen LogP contribution in [-0.2, 0) is 11.3 Å². The molecule has 0 aromatic heterocycles. The van der Waals surface area contributed by atoms with Crippen LogP contribution >= 0.6 is 24.0 Å². The number of halogens is 3. The Balaban J connectivity index is 0.00000385. The second kappa shape index (κ2) is 12.3. The lowest BCUT2D eigenvalue weighted by Crippen LogP contribution is -2.52. The summed E-state index contributed by atoms with van der Waals surface area (Å²) in [6, 6.07) is 10.4. The molecule has 0 radical (unpaired) electrons. The van der Waals surface area contributed by atoms with E-state index in [1.807, 2.05) is 17.0 Å². The highest BCUT2D eigenvalue weighted by atomic mass is 127. The van der Waals surface area contributed by atoms with Crippen LogP contribution in [0.4, 0.5) is 14.5 Å². The van der Waals surface area contributed by atoms with E-state index in [9.17, 15) is 18.4 Å². The predicted octanol–water partition coefficient (Wildman–Crippen LogP) is 1.70. The highest BCUT2D eigenvalue weighted by Gasteiger charge is 2.22. The summed E-state index contributed by atoms with van der Waals surface area (Å²) in [5.74, 6) is -1.17. The van der Waals surface area contributed by atoms with Crippen molar-refractivity contribution in [3.05, 3.63) is 65.2 Å². The SMILES string of the molecule is CN=C(NCc1ccc(C(=O)NCC(N)=O)cc1)N1CCN(c2cc(F)ccc2F)CC1.I. The fourth-order valence-electron chi connectivity index (χ4n) is 3.44. The maximum atomic E-state index is 14.0. The number of primary amides is 1. The number of aliphatic imine (C=N–C) groups is 1. The largest absolute Gasteiger partial charge is 0.368 e. The zero-order chi connectivity index (χ0) is 23.1. The first-order valence-corrected chi connectivity index (χ1v) is 10.2. The van der Waals surface area contributed by atoms with Gasteiger partial charge in [0.05, 0.1) is 12.2 Å². The summed E-state index contributed by atoms with van der Waals surface area (Å²) in [7, 11) is 1.69. The number of nitrogens with one attached hydrogen (secondary N) is 2. The third-order valence-corrected chi connectivity index (χ3v) is 5.13. The molecule has 1 aliphatic rings. The summed E-state index contributed by atoms with van der Waals surface area (Å²) in [5, 5.41) is 5.72. The number of hydrogen-bond acceptors (Lipinski definition) is 4. The van der Waals surface area contributed by atoms with Crippen molar-refractivity contribution in [2.45, 2.75) is 6.54 Å². The Labute approximate surface area is 208 Å². The average molecular weight is 572 g/mol. The number of guanidine groups is 1. The van der Waals surface area contributed by atoms with E-state index in [-0.39, 0.29) is 42.1 Å². The van der Waals surface area contributed by atoms with E-state index in [1.54, 1.807) is 19.2 Å². The number of carbonyl (C=O) groups excluding carboxylic acids is 2. The van der Waals surface area contributed by atoms with Gasteiger partial charge in [-0.05, 0) is 29.8 Å². The van der Waals surface area contributed by atoms with Crippen LogP contribution in [0.1, 0.15) is 15.9 Å². The molecular weight excluding hydrogens is 545 g/mol. The van der Waals surface area contributed by atoms with Gasteiger partial charge < -0.3 is 26.2 Å². The summed E-state index contributed by atoms with van der Waals surface area (Å²) in [4.78, 5) is 30.9. The molecule has 0 unspecified atom stereocenters. The van der Waals surface area contributed by atoms with E-state index in [0.29, 0.717) is 44.2 Å². The van der Waals surface area contributed by atoms with Crippen molar-refractivity contribution in [1.82, 2.24) is 15.5 Å². The third kappa shape index (κ3) is 7.27. The van der Waals surface area contributed by atoms with Gasteiger partial charge in [0.1, 0.15) is 11.6 Å².